The lowest BCUT2D eigenvalue weighted by Crippen LogP contribution is -2.11. The van der Waals surface area contributed by atoms with E-state index in [9.17, 15) is 21.6 Å². The van der Waals surface area contributed by atoms with Crippen molar-refractivity contribution in [2.75, 3.05) is 0 Å². The number of hydrogen-bond donors (Lipinski definition) is 1. The maximum Gasteiger partial charge on any atom is 0.416 e. The Morgan fingerprint density at radius 3 is 2.47 bits per heavy atom. The summed E-state index contributed by atoms with van der Waals surface area (Å²) >= 11 is 0. The topological polar surface area (TPSA) is 78.0 Å². The summed E-state index contributed by atoms with van der Waals surface area (Å²) in [5.41, 5.74) is -0.762. The van der Waals surface area contributed by atoms with E-state index in [1.165, 1.54) is 12.1 Å². The molecule has 1 heterocycles. The first-order chi connectivity index (χ1) is 8.68. The van der Waals surface area contributed by atoms with Gasteiger partial charge in [0.05, 0.1) is 23.6 Å². The SMILES string of the molecule is NS(=O)(=O)c1cnn(-c2cccc(C(F)(F)F)c2)c1. The van der Waals surface area contributed by atoms with E-state index in [1.54, 1.807) is 0 Å². The second-order valence-corrected chi connectivity index (χ2v) is 5.28. The fourth-order valence-electron chi connectivity index (χ4n) is 1.42. The molecule has 102 valence electrons. The number of aromatic nitrogens is 2. The summed E-state index contributed by atoms with van der Waals surface area (Å²) in [4.78, 5) is -0.273. The fourth-order valence-corrected chi connectivity index (χ4v) is 1.86. The molecule has 0 saturated heterocycles. The van der Waals surface area contributed by atoms with Gasteiger partial charge in [-0.25, -0.2) is 18.2 Å². The maximum atomic E-state index is 12.5. The van der Waals surface area contributed by atoms with E-state index in [4.69, 9.17) is 5.14 Å². The number of nitrogens with zero attached hydrogens (tertiary/aromatic N) is 2. The van der Waals surface area contributed by atoms with Crippen LogP contribution in [-0.4, -0.2) is 18.2 Å². The Kier molecular flexibility index (Phi) is 3.11. The van der Waals surface area contributed by atoms with Gasteiger partial charge in [-0.15, -0.1) is 0 Å². The van der Waals surface area contributed by atoms with Crippen LogP contribution in [0.25, 0.3) is 5.69 Å². The molecule has 0 unspecified atom stereocenters. The number of rotatable bonds is 2. The first-order valence-corrected chi connectivity index (χ1v) is 6.48. The van der Waals surface area contributed by atoms with Gasteiger partial charge in [-0.2, -0.15) is 18.3 Å². The standard InChI is InChI=1S/C10H8F3N3O2S/c11-10(12,13)7-2-1-3-8(4-7)16-6-9(5-15-16)19(14,17)18/h1-6H,(H2,14,17,18). The highest BCUT2D eigenvalue weighted by molar-refractivity contribution is 7.89. The molecular weight excluding hydrogens is 283 g/mol. The molecule has 5 nitrogen and oxygen atoms in total. The van der Waals surface area contributed by atoms with Crippen molar-refractivity contribution < 1.29 is 21.6 Å². The third-order valence-electron chi connectivity index (χ3n) is 2.33. The van der Waals surface area contributed by atoms with Crippen LogP contribution in [0.15, 0.2) is 41.6 Å². The number of primary sulfonamides is 1. The molecule has 0 aliphatic heterocycles. The maximum absolute atomic E-state index is 12.5. The first kappa shape index (κ1) is 13.6. The van der Waals surface area contributed by atoms with E-state index in [0.29, 0.717) is 0 Å². The first-order valence-electron chi connectivity index (χ1n) is 4.93. The molecule has 2 rings (SSSR count). The predicted molar refractivity (Wildman–Crippen MR) is 59.9 cm³/mol. The highest BCUT2D eigenvalue weighted by Gasteiger charge is 2.30. The predicted octanol–water partition coefficient (Wildman–Crippen LogP) is 1.54. The van der Waals surface area contributed by atoms with Crippen LogP contribution in [0.1, 0.15) is 5.56 Å². The molecule has 9 heteroatoms. The van der Waals surface area contributed by atoms with Gasteiger partial charge in [-0.3, -0.25) is 0 Å². The van der Waals surface area contributed by atoms with Gasteiger partial charge in [-0.05, 0) is 18.2 Å². The smallest absolute Gasteiger partial charge is 0.240 e. The van der Waals surface area contributed by atoms with E-state index < -0.39 is 21.8 Å². The summed E-state index contributed by atoms with van der Waals surface area (Å²) in [5.74, 6) is 0. The number of sulfonamides is 1. The highest BCUT2D eigenvalue weighted by atomic mass is 32.2. The third-order valence-corrected chi connectivity index (χ3v) is 3.19. The van der Waals surface area contributed by atoms with Gasteiger partial charge in [0.25, 0.3) is 0 Å². The van der Waals surface area contributed by atoms with Crippen LogP contribution in [0.5, 0.6) is 0 Å². The summed E-state index contributed by atoms with van der Waals surface area (Å²) in [6.45, 7) is 0. The minimum atomic E-state index is -4.48. The monoisotopic (exact) mass is 291 g/mol. The number of alkyl halides is 3. The van der Waals surface area contributed by atoms with E-state index in [-0.39, 0.29) is 10.6 Å². The average molecular weight is 291 g/mol. The van der Waals surface area contributed by atoms with E-state index in [0.717, 1.165) is 29.2 Å². The molecule has 0 radical (unpaired) electrons. The molecule has 19 heavy (non-hydrogen) atoms. The summed E-state index contributed by atoms with van der Waals surface area (Å²) in [5, 5.41) is 8.55. The lowest BCUT2D eigenvalue weighted by molar-refractivity contribution is -0.137. The van der Waals surface area contributed by atoms with Crippen LogP contribution in [0.4, 0.5) is 13.2 Å². The molecule has 0 spiro atoms. The Balaban J connectivity index is 2.46. The Labute approximate surface area is 106 Å². The molecule has 1 aromatic heterocycles. The second-order valence-electron chi connectivity index (χ2n) is 3.71. The van der Waals surface area contributed by atoms with Gasteiger partial charge < -0.3 is 0 Å². The normalized spacial score (nSPS) is 12.6. The van der Waals surface area contributed by atoms with Gasteiger partial charge in [-0.1, -0.05) is 6.07 Å². The van der Waals surface area contributed by atoms with Crippen molar-refractivity contribution in [3.63, 3.8) is 0 Å². The molecule has 0 amide bonds. The zero-order valence-corrected chi connectivity index (χ0v) is 10.1. The number of nitrogens with two attached hydrogens (primary N) is 1. The van der Waals surface area contributed by atoms with Crippen molar-refractivity contribution in [1.29, 1.82) is 0 Å². The molecule has 0 aliphatic rings. The van der Waals surface area contributed by atoms with E-state index >= 15 is 0 Å². The van der Waals surface area contributed by atoms with Crippen LogP contribution < -0.4 is 5.14 Å². The van der Waals surface area contributed by atoms with E-state index in [2.05, 4.69) is 5.10 Å². The van der Waals surface area contributed by atoms with Crippen LogP contribution in [-0.2, 0) is 16.2 Å². The van der Waals surface area contributed by atoms with Crippen molar-refractivity contribution in [1.82, 2.24) is 9.78 Å². The molecule has 0 bridgehead atoms. The van der Waals surface area contributed by atoms with Crippen LogP contribution >= 0.6 is 0 Å². The van der Waals surface area contributed by atoms with Crippen molar-refractivity contribution in [3.05, 3.63) is 42.2 Å². The van der Waals surface area contributed by atoms with Crippen molar-refractivity contribution in [3.8, 4) is 5.69 Å². The lowest BCUT2D eigenvalue weighted by Gasteiger charge is -2.08. The van der Waals surface area contributed by atoms with Crippen LogP contribution in [0, 0.1) is 0 Å². The Morgan fingerprint density at radius 1 is 1.26 bits per heavy atom. The molecule has 1 aromatic carbocycles. The van der Waals surface area contributed by atoms with Gasteiger partial charge in [0, 0.05) is 0 Å². The lowest BCUT2D eigenvalue weighted by atomic mass is 10.2. The van der Waals surface area contributed by atoms with Gasteiger partial charge in [0.1, 0.15) is 4.90 Å². The third kappa shape index (κ3) is 2.93. The largest absolute Gasteiger partial charge is 0.416 e. The zero-order valence-electron chi connectivity index (χ0n) is 9.29. The molecule has 0 saturated carbocycles. The summed E-state index contributed by atoms with van der Waals surface area (Å²) in [6, 6.07) is 4.35. The van der Waals surface area contributed by atoms with Crippen molar-refractivity contribution >= 4 is 10.0 Å². The number of benzene rings is 1. The Hall–Kier alpha value is -1.87. The van der Waals surface area contributed by atoms with Gasteiger partial charge in [0.15, 0.2) is 0 Å². The van der Waals surface area contributed by atoms with Crippen molar-refractivity contribution in [2.24, 2.45) is 5.14 Å². The van der Waals surface area contributed by atoms with Crippen LogP contribution in [0.2, 0.25) is 0 Å². The van der Waals surface area contributed by atoms with Gasteiger partial charge >= 0.3 is 6.18 Å². The van der Waals surface area contributed by atoms with Gasteiger partial charge in [0.2, 0.25) is 10.0 Å². The summed E-state index contributed by atoms with van der Waals surface area (Å²) in [6.07, 6.45) is -2.47. The second kappa shape index (κ2) is 4.35. The summed E-state index contributed by atoms with van der Waals surface area (Å²) in [7, 11) is -3.93. The minimum absolute atomic E-state index is 0.0877. The average Bonchev–Trinajstić information content (AvgIpc) is 2.77. The molecule has 2 N–H and O–H groups in total. The van der Waals surface area contributed by atoms with Crippen LogP contribution in [0.3, 0.4) is 0 Å². The summed E-state index contributed by atoms with van der Waals surface area (Å²) < 4.78 is 60.7. The highest BCUT2D eigenvalue weighted by Crippen LogP contribution is 2.30. The van der Waals surface area contributed by atoms with Crippen molar-refractivity contribution in [2.45, 2.75) is 11.1 Å². The fraction of sp³-hybridized carbons (Fsp3) is 0.100. The molecule has 0 atom stereocenters. The quantitative estimate of drug-likeness (QED) is 0.911. The Morgan fingerprint density at radius 2 is 1.95 bits per heavy atom. The molecule has 2 aromatic rings. The molecular formula is C10H8F3N3O2S. The number of halogens is 3. The minimum Gasteiger partial charge on any atom is -0.240 e. The Bertz CT molecular complexity index is 707. The number of hydrogen-bond acceptors (Lipinski definition) is 3. The molecule has 0 fully saturated rings. The van der Waals surface area contributed by atoms with E-state index in [1.807, 2.05) is 0 Å². The molecule has 0 aliphatic carbocycles. The zero-order chi connectivity index (χ0) is 14.3.